The lowest BCUT2D eigenvalue weighted by Gasteiger charge is -2.32. The van der Waals surface area contributed by atoms with Crippen molar-refractivity contribution in [1.82, 2.24) is 5.32 Å². The Morgan fingerprint density at radius 1 is 1.15 bits per heavy atom. The molecular formula is C17H23N3O6. The molecule has 1 heterocycles. The second-order valence-corrected chi connectivity index (χ2v) is 6.25. The summed E-state index contributed by atoms with van der Waals surface area (Å²) in [6.07, 6.45) is -4.77. The van der Waals surface area contributed by atoms with Gasteiger partial charge in [-0.15, -0.1) is 0 Å². The fourth-order valence-corrected chi connectivity index (χ4v) is 2.56. The molecule has 0 fully saturated rings. The minimum absolute atomic E-state index is 0.117. The van der Waals surface area contributed by atoms with Gasteiger partial charge in [0.25, 0.3) is 0 Å². The SMILES string of the molecule is Cc1ccc(N(CC(O)C(O)C(O)CO)C2=NC(=O)NC(=O)C2)cc1C. The first kappa shape index (κ1) is 20.0. The summed E-state index contributed by atoms with van der Waals surface area (Å²) >= 11 is 0. The number of rotatable bonds is 6. The van der Waals surface area contributed by atoms with E-state index in [4.69, 9.17) is 5.11 Å². The summed E-state index contributed by atoms with van der Waals surface area (Å²) in [7, 11) is 0. The number of amides is 3. The van der Waals surface area contributed by atoms with Gasteiger partial charge in [-0.2, -0.15) is 4.99 Å². The third kappa shape index (κ3) is 4.64. The number of nitrogens with one attached hydrogen (secondary N) is 1. The van der Waals surface area contributed by atoms with Crippen LogP contribution in [-0.2, 0) is 4.79 Å². The van der Waals surface area contributed by atoms with E-state index in [2.05, 4.69) is 10.3 Å². The topological polar surface area (TPSA) is 143 Å². The lowest BCUT2D eigenvalue weighted by molar-refractivity contribution is -0.119. The molecule has 0 aromatic heterocycles. The third-order valence-corrected chi connectivity index (χ3v) is 4.25. The van der Waals surface area contributed by atoms with Crippen molar-refractivity contribution < 1.29 is 30.0 Å². The van der Waals surface area contributed by atoms with E-state index in [9.17, 15) is 24.9 Å². The Hall–Kier alpha value is -2.33. The van der Waals surface area contributed by atoms with Crippen LogP contribution in [-0.4, -0.2) is 69.7 Å². The number of aliphatic imine (C=N–C) groups is 1. The van der Waals surface area contributed by atoms with Gasteiger partial charge in [-0.25, -0.2) is 4.79 Å². The minimum Gasteiger partial charge on any atom is -0.394 e. The van der Waals surface area contributed by atoms with Crippen molar-refractivity contribution in [2.24, 2.45) is 4.99 Å². The maximum Gasteiger partial charge on any atom is 0.349 e. The lowest BCUT2D eigenvalue weighted by atomic mass is 10.1. The molecule has 9 heteroatoms. The van der Waals surface area contributed by atoms with Crippen LogP contribution in [0.3, 0.4) is 0 Å². The highest BCUT2D eigenvalue weighted by Crippen LogP contribution is 2.22. The highest BCUT2D eigenvalue weighted by atomic mass is 16.4. The largest absolute Gasteiger partial charge is 0.394 e. The number of benzene rings is 1. The maximum absolute atomic E-state index is 11.7. The summed E-state index contributed by atoms with van der Waals surface area (Å²) in [5.41, 5.74) is 2.55. The second kappa shape index (κ2) is 8.37. The molecule has 1 aromatic carbocycles. The number of aryl methyl sites for hydroxylation is 2. The monoisotopic (exact) mass is 365 g/mol. The van der Waals surface area contributed by atoms with E-state index in [1.807, 2.05) is 19.9 Å². The first-order valence-corrected chi connectivity index (χ1v) is 8.14. The molecule has 0 aliphatic carbocycles. The van der Waals surface area contributed by atoms with Crippen LogP contribution in [0.4, 0.5) is 10.5 Å². The molecule has 1 aromatic rings. The fraction of sp³-hybridized carbons (Fsp3) is 0.471. The van der Waals surface area contributed by atoms with Crippen LogP contribution >= 0.6 is 0 Å². The quantitative estimate of drug-likeness (QED) is 0.445. The molecular weight excluding hydrogens is 342 g/mol. The average molecular weight is 365 g/mol. The van der Waals surface area contributed by atoms with E-state index >= 15 is 0 Å². The second-order valence-electron chi connectivity index (χ2n) is 6.25. The molecule has 9 nitrogen and oxygen atoms in total. The number of hydrogen-bond donors (Lipinski definition) is 5. The first-order valence-electron chi connectivity index (χ1n) is 8.14. The smallest absolute Gasteiger partial charge is 0.349 e. The van der Waals surface area contributed by atoms with E-state index in [0.717, 1.165) is 11.1 Å². The van der Waals surface area contributed by atoms with Crippen molar-refractivity contribution in [3.63, 3.8) is 0 Å². The average Bonchev–Trinajstić information content (AvgIpc) is 2.59. The minimum atomic E-state index is -1.61. The number of amidine groups is 1. The van der Waals surface area contributed by atoms with Gasteiger partial charge >= 0.3 is 6.03 Å². The maximum atomic E-state index is 11.7. The van der Waals surface area contributed by atoms with Crippen molar-refractivity contribution in [3.05, 3.63) is 29.3 Å². The zero-order valence-corrected chi connectivity index (χ0v) is 14.6. The predicted octanol–water partition coefficient (Wildman–Crippen LogP) is -0.777. The molecule has 2 rings (SSSR count). The number of nitrogens with zero attached hydrogens (tertiary/aromatic N) is 2. The molecule has 1 aliphatic heterocycles. The molecule has 0 spiro atoms. The number of aliphatic hydroxyl groups is 4. The van der Waals surface area contributed by atoms with E-state index in [1.54, 1.807) is 12.1 Å². The fourth-order valence-electron chi connectivity index (χ4n) is 2.56. The molecule has 142 valence electrons. The van der Waals surface area contributed by atoms with E-state index in [0.29, 0.717) is 5.69 Å². The zero-order chi connectivity index (χ0) is 19.4. The summed E-state index contributed by atoms with van der Waals surface area (Å²) in [4.78, 5) is 28.5. The molecule has 3 unspecified atom stereocenters. The Morgan fingerprint density at radius 3 is 2.42 bits per heavy atom. The van der Waals surface area contributed by atoms with Crippen molar-refractivity contribution in [2.75, 3.05) is 18.1 Å². The van der Waals surface area contributed by atoms with E-state index in [-0.39, 0.29) is 18.8 Å². The molecule has 0 radical (unpaired) electrons. The van der Waals surface area contributed by atoms with Gasteiger partial charge in [0.2, 0.25) is 5.91 Å². The van der Waals surface area contributed by atoms with Crippen molar-refractivity contribution >= 4 is 23.5 Å². The van der Waals surface area contributed by atoms with Gasteiger partial charge in [0, 0.05) is 5.69 Å². The number of aliphatic hydroxyl groups excluding tert-OH is 4. The van der Waals surface area contributed by atoms with Crippen LogP contribution in [0.25, 0.3) is 0 Å². The molecule has 5 N–H and O–H groups in total. The molecule has 0 saturated heterocycles. The van der Waals surface area contributed by atoms with Crippen molar-refractivity contribution in [2.45, 2.75) is 38.6 Å². The lowest BCUT2D eigenvalue weighted by Crippen LogP contribution is -2.50. The number of hydrogen-bond acceptors (Lipinski definition) is 7. The Balaban J connectivity index is 2.37. The molecule has 0 bridgehead atoms. The highest BCUT2D eigenvalue weighted by Gasteiger charge is 2.30. The summed E-state index contributed by atoms with van der Waals surface area (Å²) in [5, 5.41) is 40.7. The molecule has 3 amide bonds. The van der Waals surface area contributed by atoms with Gasteiger partial charge in [0.05, 0.1) is 19.6 Å². The van der Waals surface area contributed by atoms with Gasteiger partial charge in [0.1, 0.15) is 24.1 Å². The highest BCUT2D eigenvalue weighted by molar-refractivity contribution is 6.18. The van der Waals surface area contributed by atoms with Gasteiger partial charge in [-0.3, -0.25) is 10.1 Å². The van der Waals surface area contributed by atoms with E-state index < -0.39 is 36.9 Å². The van der Waals surface area contributed by atoms with Crippen molar-refractivity contribution in [3.8, 4) is 0 Å². The number of anilines is 1. The first-order chi connectivity index (χ1) is 12.2. The van der Waals surface area contributed by atoms with Crippen molar-refractivity contribution in [1.29, 1.82) is 0 Å². The zero-order valence-electron chi connectivity index (χ0n) is 14.6. The number of carbonyl (C=O) groups is 2. The van der Waals surface area contributed by atoms with Crippen LogP contribution in [0, 0.1) is 13.8 Å². The summed E-state index contributed by atoms with van der Waals surface area (Å²) < 4.78 is 0. The molecule has 0 saturated carbocycles. The summed E-state index contributed by atoms with van der Waals surface area (Å²) in [6.45, 7) is 2.86. The van der Waals surface area contributed by atoms with Crippen LogP contribution in [0.2, 0.25) is 0 Å². The van der Waals surface area contributed by atoms with Gasteiger partial charge in [-0.05, 0) is 37.1 Å². The Morgan fingerprint density at radius 2 is 1.85 bits per heavy atom. The predicted molar refractivity (Wildman–Crippen MR) is 94.0 cm³/mol. The van der Waals surface area contributed by atoms with Gasteiger partial charge in [-0.1, -0.05) is 6.07 Å². The summed E-state index contributed by atoms with van der Waals surface area (Å²) in [6, 6.07) is 4.57. The van der Waals surface area contributed by atoms with Crippen LogP contribution < -0.4 is 10.2 Å². The van der Waals surface area contributed by atoms with Crippen LogP contribution in [0.1, 0.15) is 17.5 Å². The molecule has 26 heavy (non-hydrogen) atoms. The Labute approximate surface area is 150 Å². The number of carbonyl (C=O) groups excluding carboxylic acids is 2. The Kier molecular flexibility index (Phi) is 6.43. The Bertz CT molecular complexity index is 720. The molecule has 1 aliphatic rings. The standard InChI is InChI=1S/C17H23N3O6/c1-9-3-4-11(5-10(9)2)20(7-12(22)16(25)13(23)8-21)14-6-15(24)19-17(26)18-14/h3-5,12-13,16,21-23,25H,6-8H2,1-2H3,(H,19,24,26). The van der Waals surface area contributed by atoms with E-state index in [1.165, 1.54) is 4.90 Å². The van der Waals surface area contributed by atoms with Crippen LogP contribution in [0.15, 0.2) is 23.2 Å². The third-order valence-electron chi connectivity index (χ3n) is 4.25. The molecule has 3 atom stereocenters. The van der Waals surface area contributed by atoms with Gasteiger partial charge in [0.15, 0.2) is 0 Å². The van der Waals surface area contributed by atoms with Gasteiger partial charge < -0.3 is 25.3 Å². The summed E-state index contributed by atoms with van der Waals surface area (Å²) in [5.74, 6) is -0.411. The normalized spacial score (nSPS) is 18.0. The van der Waals surface area contributed by atoms with Crippen LogP contribution in [0.5, 0.6) is 0 Å². The number of imide groups is 1. The number of urea groups is 1.